The summed E-state index contributed by atoms with van der Waals surface area (Å²) in [5.74, 6) is 0.289. The van der Waals surface area contributed by atoms with Crippen molar-refractivity contribution < 1.29 is 18.6 Å². The van der Waals surface area contributed by atoms with Crippen molar-refractivity contribution in [2.75, 3.05) is 0 Å². The third kappa shape index (κ3) is 6.40. The Labute approximate surface area is 228 Å². The van der Waals surface area contributed by atoms with Crippen molar-refractivity contribution in [3.63, 3.8) is 0 Å². The van der Waals surface area contributed by atoms with Gasteiger partial charge in [-0.1, -0.05) is 36.4 Å². The van der Waals surface area contributed by atoms with Gasteiger partial charge in [-0.15, -0.1) is 13.2 Å². The second-order valence-electron chi connectivity index (χ2n) is 8.70. The molecule has 0 saturated heterocycles. The molecule has 4 rings (SSSR count). The van der Waals surface area contributed by atoms with Crippen LogP contribution in [0, 0.1) is 0 Å². The maximum atomic E-state index is 13.1. The van der Waals surface area contributed by atoms with Crippen LogP contribution in [0.15, 0.2) is 130 Å². The molecule has 0 heterocycles. The van der Waals surface area contributed by atoms with Crippen molar-refractivity contribution in [3.05, 3.63) is 132 Å². The monoisotopic (exact) mass is 536 g/mol. The predicted molar refractivity (Wildman–Crippen MR) is 157 cm³/mol. The molecule has 0 aromatic heterocycles. The normalized spacial score (nSPS) is 11.7. The van der Waals surface area contributed by atoms with Gasteiger partial charge in [0.05, 0.1) is 21.2 Å². The van der Waals surface area contributed by atoms with Gasteiger partial charge in [0.1, 0.15) is 11.5 Å². The lowest BCUT2D eigenvalue weighted by Crippen LogP contribution is -2.01. The lowest BCUT2D eigenvalue weighted by atomic mass is 10.1. The van der Waals surface area contributed by atoms with E-state index in [1.807, 2.05) is 24.3 Å². The number of phenolic OH excluding ortho intramolecular Hbond substituents is 2. The van der Waals surface area contributed by atoms with Crippen LogP contribution < -0.4 is 0 Å². The van der Waals surface area contributed by atoms with E-state index in [1.54, 1.807) is 61.0 Å². The number of aromatic hydroxyl groups is 2. The first kappa shape index (κ1) is 27.3. The van der Waals surface area contributed by atoms with Gasteiger partial charge in [0.25, 0.3) is 0 Å². The number of para-hydroxylation sites is 2. The average Bonchev–Trinajstić information content (AvgIpc) is 2.95. The SMILES string of the molecule is C=CCc1cccc(C=Nc2ccc(S(=O)(=O)c3ccc(N=Cc4cccc(CC=C)c4O)cc3)cc2)c1O. The summed E-state index contributed by atoms with van der Waals surface area (Å²) in [5.41, 5.74) is 3.73. The fourth-order valence-corrected chi connectivity index (χ4v) is 5.18. The van der Waals surface area contributed by atoms with Gasteiger partial charge in [-0.05, 0) is 84.6 Å². The average molecular weight is 537 g/mol. The van der Waals surface area contributed by atoms with Crippen LogP contribution in [0.25, 0.3) is 0 Å². The molecule has 4 aromatic rings. The van der Waals surface area contributed by atoms with Gasteiger partial charge in [0.2, 0.25) is 9.84 Å². The van der Waals surface area contributed by atoms with Crippen molar-refractivity contribution in [1.29, 1.82) is 0 Å². The molecule has 0 spiro atoms. The molecule has 196 valence electrons. The highest BCUT2D eigenvalue weighted by Gasteiger charge is 2.17. The van der Waals surface area contributed by atoms with Crippen LogP contribution >= 0.6 is 0 Å². The Hall–Kier alpha value is -4.75. The molecule has 4 aromatic carbocycles. The molecule has 0 fully saturated rings. The number of benzene rings is 4. The molecule has 39 heavy (non-hydrogen) atoms. The summed E-state index contributed by atoms with van der Waals surface area (Å²) in [6.07, 6.45) is 7.60. The second-order valence-corrected chi connectivity index (χ2v) is 10.7. The lowest BCUT2D eigenvalue weighted by molar-refractivity contribution is 0.468. The third-order valence-electron chi connectivity index (χ3n) is 6.03. The van der Waals surface area contributed by atoms with Crippen molar-refractivity contribution >= 4 is 33.6 Å². The van der Waals surface area contributed by atoms with Gasteiger partial charge in [-0.25, -0.2) is 8.42 Å². The molecular formula is C32H28N2O4S. The van der Waals surface area contributed by atoms with E-state index in [0.29, 0.717) is 35.3 Å². The predicted octanol–water partition coefficient (Wildman–Crippen LogP) is 6.89. The number of allylic oxidation sites excluding steroid dienone is 2. The number of phenols is 2. The Bertz CT molecular complexity index is 1530. The van der Waals surface area contributed by atoms with Crippen molar-refractivity contribution in [1.82, 2.24) is 0 Å². The number of rotatable bonds is 10. The Morgan fingerprint density at radius 3 is 1.36 bits per heavy atom. The summed E-state index contributed by atoms with van der Waals surface area (Å²) >= 11 is 0. The minimum absolute atomic E-state index is 0.137. The Morgan fingerprint density at radius 2 is 1.00 bits per heavy atom. The highest BCUT2D eigenvalue weighted by molar-refractivity contribution is 7.91. The Kier molecular flexibility index (Phi) is 8.53. The molecule has 0 saturated carbocycles. The van der Waals surface area contributed by atoms with Crippen molar-refractivity contribution in [2.45, 2.75) is 22.6 Å². The van der Waals surface area contributed by atoms with E-state index in [4.69, 9.17) is 0 Å². The number of hydrogen-bond acceptors (Lipinski definition) is 6. The summed E-state index contributed by atoms with van der Waals surface area (Å²) in [7, 11) is -3.75. The molecule has 0 amide bonds. The van der Waals surface area contributed by atoms with E-state index in [1.165, 1.54) is 24.3 Å². The van der Waals surface area contributed by atoms with Crippen LogP contribution in [-0.2, 0) is 22.7 Å². The van der Waals surface area contributed by atoms with Gasteiger partial charge < -0.3 is 10.2 Å². The topological polar surface area (TPSA) is 99.3 Å². The molecule has 7 heteroatoms. The molecule has 0 aliphatic heterocycles. The minimum atomic E-state index is -3.75. The summed E-state index contributed by atoms with van der Waals surface area (Å²) in [5, 5.41) is 20.8. The smallest absolute Gasteiger partial charge is 0.206 e. The molecule has 2 N–H and O–H groups in total. The van der Waals surface area contributed by atoms with E-state index in [0.717, 1.165) is 11.1 Å². The number of aliphatic imine (C=N–C) groups is 2. The highest BCUT2D eigenvalue weighted by Crippen LogP contribution is 2.27. The fraction of sp³-hybridized carbons (Fsp3) is 0.0625. The Morgan fingerprint density at radius 1 is 0.615 bits per heavy atom. The molecule has 0 bridgehead atoms. The van der Waals surface area contributed by atoms with Crippen LogP contribution in [-0.4, -0.2) is 31.1 Å². The fourth-order valence-electron chi connectivity index (χ4n) is 3.92. The first-order chi connectivity index (χ1) is 18.8. The maximum Gasteiger partial charge on any atom is 0.206 e. The van der Waals surface area contributed by atoms with Crippen molar-refractivity contribution in [2.24, 2.45) is 9.98 Å². The van der Waals surface area contributed by atoms with Gasteiger partial charge in [0.15, 0.2) is 0 Å². The zero-order chi connectivity index (χ0) is 27.8. The van der Waals surface area contributed by atoms with E-state index in [-0.39, 0.29) is 21.3 Å². The van der Waals surface area contributed by atoms with E-state index < -0.39 is 9.84 Å². The summed E-state index contributed by atoms with van der Waals surface area (Å²) < 4.78 is 26.3. The lowest BCUT2D eigenvalue weighted by Gasteiger charge is -2.06. The van der Waals surface area contributed by atoms with Crippen LogP contribution in [0.4, 0.5) is 11.4 Å². The maximum absolute atomic E-state index is 13.1. The molecule has 0 aliphatic carbocycles. The van der Waals surface area contributed by atoms with E-state index in [9.17, 15) is 18.6 Å². The van der Waals surface area contributed by atoms with Gasteiger partial charge in [-0.3, -0.25) is 9.98 Å². The zero-order valence-corrected chi connectivity index (χ0v) is 22.1. The van der Waals surface area contributed by atoms with Crippen molar-refractivity contribution in [3.8, 4) is 11.5 Å². The van der Waals surface area contributed by atoms with E-state index >= 15 is 0 Å². The van der Waals surface area contributed by atoms with Crippen LogP contribution in [0.2, 0.25) is 0 Å². The second kappa shape index (κ2) is 12.2. The summed E-state index contributed by atoms with van der Waals surface area (Å²) in [4.78, 5) is 9.01. The third-order valence-corrected chi connectivity index (χ3v) is 7.82. The molecule has 0 atom stereocenters. The van der Waals surface area contributed by atoms with E-state index in [2.05, 4.69) is 23.1 Å². The van der Waals surface area contributed by atoms with Gasteiger partial charge >= 0.3 is 0 Å². The first-order valence-corrected chi connectivity index (χ1v) is 13.7. The number of nitrogens with zero attached hydrogens (tertiary/aromatic N) is 2. The molecule has 0 unspecified atom stereocenters. The molecule has 0 aliphatic rings. The minimum Gasteiger partial charge on any atom is -0.507 e. The molecular weight excluding hydrogens is 508 g/mol. The largest absolute Gasteiger partial charge is 0.507 e. The first-order valence-electron chi connectivity index (χ1n) is 12.2. The number of sulfone groups is 1. The van der Waals surface area contributed by atoms with Crippen LogP contribution in [0.1, 0.15) is 22.3 Å². The number of hydrogen-bond donors (Lipinski definition) is 2. The Balaban J connectivity index is 1.48. The molecule has 0 radical (unpaired) electrons. The van der Waals surface area contributed by atoms with Gasteiger partial charge in [-0.2, -0.15) is 0 Å². The quantitative estimate of drug-likeness (QED) is 0.170. The van der Waals surface area contributed by atoms with Crippen LogP contribution in [0.3, 0.4) is 0 Å². The summed E-state index contributed by atoms with van der Waals surface area (Å²) in [6, 6.07) is 23.3. The standard InChI is InChI=1S/C32H28N2O4S/c1-3-7-23-9-5-11-25(31(23)35)21-33-27-13-17-29(18-14-27)39(37,38)30-19-15-28(16-20-30)34-22-26-12-6-10-24(8-4-2)32(26)36/h3-6,9-22,35-36H,1-2,7-8H2. The zero-order valence-electron chi connectivity index (χ0n) is 21.2. The highest BCUT2D eigenvalue weighted by atomic mass is 32.2. The molecule has 6 nitrogen and oxygen atoms in total. The van der Waals surface area contributed by atoms with Crippen LogP contribution in [0.5, 0.6) is 11.5 Å². The van der Waals surface area contributed by atoms with Gasteiger partial charge in [0, 0.05) is 23.6 Å². The summed E-state index contributed by atoms with van der Waals surface area (Å²) in [6.45, 7) is 7.39.